The molecule has 1 unspecified atom stereocenters. The lowest BCUT2D eigenvalue weighted by atomic mass is 10.1. The summed E-state index contributed by atoms with van der Waals surface area (Å²) in [5, 5.41) is 2.88. The van der Waals surface area contributed by atoms with Crippen molar-refractivity contribution in [1.29, 1.82) is 0 Å². The Balaban J connectivity index is 2.80. The number of rotatable bonds is 5. The van der Waals surface area contributed by atoms with E-state index in [-0.39, 0.29) is 11.9 Å². The Morgan fingerprint density at radius 2 is 2.00 bits per heavy atom. The van der Waals surface area contributed by atoms with Crippen molar-refractivity contribution < 1.29 is 9.53 Å². The van der Waals surface area contributed by atoms with Gasteiger partial charge < -0.3 is 10.1 Å². The van der Waals surface area contributed by atoms with Crippen molar-refractivity contribution in [3.63, 3.8) is 0 Å². The number of carbonyl (C=O) groups excluding carboxylic acids is 1. The highest BCUT2D eigenvalue weighted by atomic mass is 16.5. The minimum atomic E-state index is -0.423. The van der Waals surface area contributed by atoms with Crippen LogP contribution in [0.3, 0.4) is 0 Å². The Labute approximate surface area is 110 Å². The van der Waals surface area contributed by atoms with Gasteiger partial charge >= 0.3 is 0 Å². The molecule has 18 heavy (non-hydrogen) atoms. The predicted molar refractivity (Wildman–Crippen MR) is 73.9 cm³/mol. The zero-order valence-corrected chi connectivity index (χ0v) is 11.9. The van der Waals surface area contributed by atoms with Crippen LogP contribution < -0.4 is 10.1 Å². The Morgan fingerprint density at radius 1 is 1.33 bits per heavy atom. The zero-order valence-electron chi connectivity index (χ0n) is 11.9. The quantitative estimate of drug-likeness (QED) is 0.871. The van der Waals surface area contributed by atoms with Crippen LogP contribution in [-0.4, -0.2) is 18.1 Å². The second-order valence-electron chi connectivity index (χ2n) is 4.88. The molecule has 0 radical (unpaired) electrons. The first-order valence-corrected chi connectivity index (χ1v) is 6.49. The molecule has 0 bridgehead atoms. The SMILES string of the molecule is CCC(Oc1cccc(C)c1C)C(=O)NC(C)C. The van der Waals surface area contributed by atoms with E-state index in [1.807, 2.05) is 52.8 Å². The summed E-state index contributed by atoms with van der Waals surface area (Å²) in [4.78, 5) is 11.9. The smallest absolute Gasteiger partial charge is 0.261 e. The standard InChI is InChI=1S/C15H23NO2/c1-6-13(15(17)16-10(2)3)18-14-9-7-8-11(4)12(14)5/h7-10,13H,6H2,1-5H3,(H,16,17). The first kappa shape index (κ1) is 14.6. The normalized spacial score (nSPS) is 12.3. The maximum Gasteiger partial charge on any atom is 0.261 e. The number of benzene rings is 1. The van der Waals surface area contributed by atoms with E-state index >= 15 is 0 Å². The second-order valence-corrected chi connectivity index (χ2v) is 4.88. The molecular weight excluding hydrogens is 226 g/mol. The van der Waals surface area contributed by atoms with Crippen LogP contribution >= 0.6 is 0 Å². The van der Waals surface area contributed by atoms with Crippen LogP contribution in [-0.2, 0) is 4.79 Å². The highest BCUT2D eigenvalue weighted by molar-refractivity contribution is 5.81. The number of carbonyl (C=O) groups is 1. The Bertz CT molecular complexity index is 413. The fourth-order valence-electron chi connectivity index (χ4n) is 1.70. The molecule has 0 aliphatic heterocycles. The monoisotopic (exact) mass is 249 g/mol. The molecule has 0 aromatic heterocycles. The predicted octanol–water partition coefficient (Wildman–Crippen LogP) is 2.99. The summed E-state index contributed by atoms with van der Waals surface area (Å²) in [5.74, 6) is 0.745. The number of aryl methyl sites for hydroxylation is 1. The molecule has 3 nitrogen and oxygen atoms in total. The van der Waals surface area contributed by atoms with Gasteiger partial charge in [-0.2, -0.15) is 0 Å². The maximum absolute atomic E-state index is 11.9. The van der Waals surface area contributed by atoms with Gasteiger partial charge in [-0.1, -0.05) is 19.1 Å². The molecule has 0 aliphatic rings. The summed E-state index contributed by atoms with van der Waals surface area (Å²) >= 11 is 0. The molecular formula is C15H23NO2. The highest BCUT2D eigenvalue weighted by Gasteiger charge is 2.19. The van der Waals surface area contributed by atoms with Gasteiger partial charge in [0.2, 0.25) is 0 Å². The topological polar surface area (TPSA) is 38.3 Å². The summed E-state index contributed by atoms with van der Waals surface area (Å²) in [5.41, 5.74) is 2.26. The summed E-state index contributed by atoms with van der Waals surface area (Å²) in [7, 11) is 0. The van der Waals surface area contributed by atoms with E-state index in [1.165, 1.54) is 5.56 Å². The first-order valence-electron chi connectivity index (χ1n) is 6.49. The van der Waals surface area contributed by atoms with Crippen LogP contribution in [0, 0.1) is 13.8 Å². The van der Waals surface area contributed by atoms with E-state index < -0.39 is 6.10 Å². The summed E-state index contributed by atoms with van der Waals surface area (Å²) < 4.78 is 5.83. The molecule has 0 heterocycles. The van der Waals surface area contributed by atoms with Gasteiger partial charge in [0.15, 0.2) is 6.10 Å². The van der Waals surface area contributed by atoms with Crippen molar-refractivity contribution in [3.8, 4) is 5.75 Å². The third kappa shape index (κ3) is 3.76. The average molecular weight is 249 g/mol. The van der Waals surface area contributed by atoms with Gasteiger partial charge in [0, 0.05) is 6.04 Å². The Hall–Kier alpha value is -1.51. The van der Waals surface area contributed by atoms with E-state index in [0.29, 0.717) is 6.42 Å². The minimum absolute atomic E-state index is 0.0478. The number of amides is 1. The van der Waals surface area contributed by atoms with E-state index in [2.05, 4.69) is 5.32 Å². The number of ether oxygens (including phenoxy) is 1. The van der Waals surface area contributed by atoms with Crippen molar-refractivity contribution in [2.24, 2.45) is 0 Å². The fourth-order valence-corrected chi connectivity index (χ4v) is 1.70. The van der Waals surface area contributed by atoms with E-state index in [9.17, 15) is 4.79 Å². The maximum atomic E-state index is 11.9. The largest absolute Gasteiger partial charge is 0.480 e. The van der Waals surface area contributed by atoms with Crippen LogP contribution in [0.15, 0.2) is 18.2 Å². The van der Waals surface area contributed by atoms with Gasteiger partial charge in [0.25, 0.3) is 5.91 Å². The fraction of sp³-hybridized carbons (Fsp3) is 0.533. The van der Waals surface area contributed by atoms with E-state index in [0.717, 1.165) is 11.3 Å². The molecule has 0 spiro atoms. The first-order chi connectivity index (χ1) is 8.45. The van der Waals surface area contributed by atoms with Crippen LogP contribution in [0.5, 0.6) is 5.75 Å². The average Bonchev–Trinajstić information content (AvgIpc) is 2.30. The van der Waals surface area contributed by atoms with Gasteiger partial charge in [-0.15, -0.1) is 0 Å². The highest BCUT2D eigenvalue weighted by Crippen LogP contribution is 2.22. The summed E-state index contributed by atoms with van der Waals surface area (Å²) in [6.45, 7) is 9.90. The lowest BCUT2D eigenvalue weighted by Gasteiger charge is -2.20. The van der Waals surface area contributed by atoms with Gasteiger partial charge in [0.1, 0.15) is 5.75 Å². The van der Waals surface area contributed by atoms with Crippen LogP contribution in [0.4, 0.5) is 0 Å². The van der Waals surface area contributed by atoms with Crippen molar-refractivity contribution >= 4 is 5.91 Å². The van der Waals surface area contributed by atoms with Gasteiger partial charge in [-0.05, 0) is 51.3 Å². The molecule has 1 aromatic carbocycles. The Kier molecular flexibility index (Phi) is 5.20. The molecule has 1 N–H and O–H groups in total. The zero-order chi connectivity index (χ0) is 13.7. The molecule has 1 amide bonds. The third-order valence-corrected chi connectivity index (χ3v) is 2.92. The lowest BCUT2D eigenvalue weighted by molar-refractivity contribution is -0.128. The molecule has 0 saturated heterocycles. The van der Waals surface area contributed by atoms with Crippen LogP contribution in [0.2, 0.25) is 0 Å². The van der Waals surface area contributed by atoms with Gasteiger partial charge in [0.05, 0.1) is 0 Å². The van der Waals surface area contributed by atoms with Gasteiger partial charge in [-0.25, -0.2) is 0 Å². The summed E-state index contributed by atoms with van der Waals surface area (Å²) in [6.07, 6.45) is 0.235. The third-order valence-electron chi connectivity index (χ3n) is 2.92. The Morgan fingerprint density at radius 3 is 2.56 bits per heavy atom. The molecule has 1 aromatic rings. The molecule has 1 atom stereocenters. The van der Waals surface area contributed by atoms with Crippen LogP contribution in [0.25, 0.3) is 0 Å². The van der Waals surface area contributed by atoms with Crippen molar-refractivity contribution in [2.45, 2.75) is 53.2 Å². The second kappa shape index (κ2) is 6.43. The van der Waals surface area contributed by atoms with E-state index in [4.69, 9.17) is 4.74 Å². The molecule has 0 fully saturated rings. The minimum Gasteiger partial charge on any atom is -0.480 e. The summed E-state index contributed by atoms with van der Waals surface area (Å²) in [6, 6.07) is 6.03. The molecule has 100 valence electrons. The number of hydrogen-bond acceptors (Lipinski definition) is 2. The van der Waals surface area contributed by atoms with Crippen molar-refractivity contribution in [2.75, 3.05) is 0 Å². The lowest BCUT2D eigenvalue weighted by Crippen LogP contribution is -2.41. The molecule has 0 saturated carbocycles. The van der Waals surface area contributed by atoms with Gasteiger partial charge in [-0.3, -0.25) is 4.79 Å². The van der Waals surface area contributed by atoms with Crippen molar-refractivity contribution in [3.05, 3.63) is 29.3 Å². The van der Waals surface area contributed by atoms with Crippen LogP contribution in [0.1, 0.15) is 38.3 Å². The van der Waals surface area contributed by atoms with E-state index in [1.54, 1.807) is 0 Å². The molecule has 3 heteroatoms. The molecule has 0 aliphatic carbocycles. The molecule has 1 rings (SSSR count). The number of hydrogen-bond donors (Lipinski definition) is 1. The van der Waals surface area contributed by atoms with Crippen molar-refractivity contribution in [1.82, 2.24) is 5.32 Å². The number of nitrogens with one attached hydrogen (secondary N) is 1.